The molecule has 1 aliphatic heterocycles. The topological polar surface area (TPSA) is 139 Å². The molecular formula is C32H38N2O9. The van der Waals surface area contributed by atoms with E-state index < -0.39 is 42.2 Å². The number of aromatic nitrogens is 1. The molecule has 2 aliphatic carbocycles. The minimum Gasteiger partial charge on any atom is -0.493 e. The fourth-order valence-corrected chi connectivity index (χ4v) is 5.52. The number of nitrogens with one attached hydrogen (secondary N) is 1. The number of hydrogen-bond donors (Lipinski definition) is 1. The van der Waals surface area contributed by atoms with Crippen LogP contribution in [0.1, 0.15) is 75.2 Å². The first-order valence-electron chi connectivity index (χ1n) is 15.0. The minimum absolute atomic E-state index is 0.0978. The number of rotatable bonds is 9. The lowest BCUT2D eigenvalue weighted by atomic mass is 10.0. The molecule has 43 heavy (non-hydrogen) atoms. The van der Waals surface area contributed by atoms with Crippen LogP contribution in [0.3, 0.4) is 0 Å². The van der Waals surface area contributed by atoms with Crippen LogP contribution >= 0.6 is 0 Å². The molecule has 230 valence electrons. The Balaban J connectivity index is 1.33. The third kappa shape index (κ3) is 7.63. The number of benzene rings is 1. The third-order valence-electron chi connectivity index (χ3n) is 8.09. The Morgan fingerprint density at radius 3 is 2.33 bits per heavy atom. The fourth-order valence-electron chi connectivity index (χ4n) is 5.52. The van der Waals surface area contributed by atoms with Gasteiger partial charge in [0.2, 0.25) is 5.75 Å². The number of cyclic esters (lactones) is 1. The molecule has 1 amide bonds. The maximum atomic E-state index is 13.4. The molecule has 2 heterocycles. The molecule has 5 rings (SSSR count). The van der Waals surface area contributed by atoms with Gasteiger partial charge in [-0.3, -0.25) is 14.4 Å². The molecule has 1 N–H and O–H groups in total. The second-order valence-corrected chi connectivity index (χ2v) is 11.3. The Bertz CT molecular complexity index is 1310. The van der Waals surface area contributed by atoms with Crippen LogP contribution in [0.4, 0.5) is 0 Å². The van der Waals surface area contributed by atoms with Crippen molar-refractivity contribution in [1.29, 1.82) is 0 Å². The van der Waals surface area contributed by atoms with Gasteiger partial charge in [0.05, 0.1) is 18.9 Å². The van der Waals surface area contributed by atoms with Crippen LogP contribution in [0.15, 0.2) is 42.6 Å². The average molecular weight is 595 g/mol. The first-order valence-corrected chi connectivity index (χ1v) is 15.0. The summed E-state index contributed by atoms with van der Waals surface area (Å²) in [5.41, 5.74) is -0.178. The monoisotopic (exact) mass is 594 g/mol. The lowest BCUT2D eigenvalue weighted by molar-refractivity contribution is -0.177. The first kappa shape index (κ1) is 30.3. The van der Waals surface area contributed by atoms with Crippen LogP contribution in [-0.4, -0.2) is 60.3 Å². The molecule has 1 aromatic heterocycles. The van der Waals surface area contributed by atoms with E-state index >= 15 is 0 Å². The molecule has 4 atom stereocenters. The van der Waals surface area contributed by atoms with Crippen molar-refractivity contribution in [2.24, 2.45) is 11.8 Å². The van der Waals surface area contributed by atoms with Crippen molar-refractivity contribution in [1.82, 2.24) is 10.3 Å². The van der Waals surface area contributed by atoms with Crippen molar-refractivity contribution in [3.8, 4) is 17.2 Å². The SMILES string of the molecule is COc1ccnc(C(=O)NC2CCCC(Oc3ccccc3)C(OC(=O)C3CCCC3)C(C)OC2=O)c1OC(=O)C1CC1. The van der Waals surface area contributed by atoms with Gasteiger partial charge >= 0.3 is 17.9 Å². The number of esters is 3. The van der Waals surface area contributed by atoms with E-state index in [9.17, 15) is 19.2 Å². The van der Waals surface area contributed by atoms with Gasteiger partial charge in [-0.25, -0.2) is 9.78 Å². The van der Waals surface area contributed by atoms with Crippen LogP contribution in [0.2, 0.25) is 0 Å². The number of pyridine rings is 1. The highest BCUT2D eigenvalue weighted by Crippen LogP contribution is 2.35. The molecule has 3 aliphatic rings. The number of carbonyl (C=O) groups is 4. The first-order chi connectivity index (χ1) is 20.8. The zero-order valence-electron chi connectivity index (χ0n) is 24.5. The van der Waals surface area contributed by atoms with E-state index in [1.807, 2.05) is 30.3 Å². The van der Waals surface area contributed by atoms with Gasteiger partial charge in [0.15, 0.2) is 17.5 Å². The molecular weight excluding hydrogens is 556 g/mol. The van der Waals surface area contributed by atoms with Crippen LogP contribution in [0.5, 0.6) is 17.2 Å². The zero-order chi connectivity index (χ0) is 30.3. The summed E-state index contributed by atoms with van der Waals surface area (Å²) >= 11 is 0. The molecule has 1 aromatic carbocycles. The Hall–Kier alpha value is -4.15. The van der Waals surface area contributed by atoms with Crippen LogP contribution in [0, 0.1) is 11.8 Å². The fraction of sp³-hybridized carbons (Fsp3) is 0.531. The molecule has 3 fully saturated rings. The summed E-state index contributed by atoms with van der Waals surface area (Å²) in [7, 11) is 1.40. The smallest absolute Gasteiger partial charge is 0.329 e. The molecule has 1 saturated heterocycles. The number of ether oxygens (including phenoxy) is 5. The molecule has 2 saturated carbocycles. The zero-order valence-corrected chi connectivity index (χ0v) is 24.5. The van der Waals surface area contributed by atoms with Crippen molar-refractivity contribution >= 4 is 23.8 Å². The molecule has 0 spiro atoms. The van der Waals surface area contributed by atoms with Crippen molar-refractivity contribution in [3.05, 3.63) is 48.3 Å². The Kier molecular flexibility index (Phi) is 9.79. The molecule has 4 unspecified atom stereocenters. The van der Waals surface area contributed by atoms with E-state index in [-0.39, 0.29) is 41.4 Å². The van der Waals surface area contributed by atoms with Gasteiger partial charge in [-0.2, -0.15) is 0 Å². The minimum atomic E-state index is -1.03. The van der Waals surface area contributed by atoms with Gasteiger partial charge in [-0.1, -0.05) is 31.0 Å². The van der Waals surface area contributed by atoms with E-state index in [0.717, 1.165) is 38.5 Å². The summed E-state index contributed by atoms with van der Waals surface area (Å²) in [5.74, 6) is -1.88. The van der Waals surface area contributed by atoms with Gasteiger partial charge in [0.25, 0.3) is 5.91 Å². The highest BCUT2D eigenvalue weighted by Gasteiger charge is 2.40. The van der Waals surface area contributed by atoms with Crippen molar-refractivity contribution < 1.29 is 42.9 Å². The molecule has 11 nitrogen and oxygen atoms in total. The number of methoxy groups -OCH3 is 1. The summed E-state index contributed by atoms with van der Waals surface area (Å²) in [6, 6.07) is 9.66. The van der Waals surface area contributed by atoms with Crippen molar-refractivity contribution in [3.63, 3.8) is 0 Å². The largest absolute Gasteiger partial charge is 0.493 e. The predicted octanol–water partition coefficient (Wildman–Crippen LogP) is 4.17. The molecule has 11 heteroatoms. The van der Waals surface area contributed by atoms with E-state index in [4.69, 9.17) is 23.7 Å². The predicted molar refractivity (Wildman–Crippen MR) is 153 cm³/mol. The number of nitrogens with zero attached hydrogens (tertiary/aromatic N) is 1. The van der Waals surface area contributed by atoms with E-state index in [0.29, 0.717) is 18.6 Å². The standard InChI is InChI=1S/C32H38N2O9/c1-19-27(42-30(36)20-9-6-7-10-20)25(41-22-11-4-3-5-12-22)14-8-13-23(32(38)40-19)34-29(35)26-28(24(39-2)17-18-33-26)43-31(37)21-15-16-21/h3-5,11-12,17-21,23,25,27H,6-10,13-16H2,1-2H3,(H,34,35). The van der Waals surface area contributed by atoms with Gasteiger partial charge < -0.3 is 29.0 Å². The van der Waals surface area contributed by atoms with Crippen molar-refractivity contribution in [2.75, 3.05) is 7.11 Å². The van der Waals surface area contributed by atoms with Crippen LogP contribution in [-0.2, 0) is 23.9 Å². The van der Waals surface area contributed by atoms with E-state index in [1.54, 1.807) is 6.92 Å². The number of amides is 1. The second-order valence-electron chi connectivity index (χ2n) is 11.3. The maximum absolute atomic E-state index is 13.4. The van der Waals surface area contributed by atoms with Gasteiger partial charge in [0.1, 0.15) is 24.0 Å². The highest BCUT2D eigenvalue weighted by molar-refractivity contribution is 5.99. The van der Waals surface area contributed by atoms with E-state index in [2.05, 4.69) is 10.3 Å². The Morgan fingerprint density at radius 1 is 0.907 bits per heavy atom. The second kappa shape index (κ2) is 13.9. The Labute approximate surface area is 250 Å². The van der Waals surface area contributed by atoms with Crippen LogP contribution < -0.4 is 19.5 Å². The maximum Gasteiger partial charge on any atom is 0.329 e. The quantitative estimate of drug-likeness (QED) is 0.421. The summed E-state index contributed by atoms with van der Waals surface area (Å²) in [5, 5.41) is 2.70. The highest BCUT2D eigenvalue weighted by atomic mass is 16.6. The summed E-state index contributed by atoms with van der Waals surface area (Å²) in [4.78, 5) is 56.4. The number of para-hydroxylation sites is 1. The van der Waals surface area contributed by atoms with E-state index in [1.165, 1.54) is 19.4 Å². The average Bonchev–Trinajstić information content (AvgIpc) is 3.71. The van der Waals surface area contributed by atoms with Crippen molar-refractivity contribution in [2.45, 2.75) is 89.1 Å². The summed E-state index contributed by atoms with van der Waals surface area (Å²) < 4.78 is 28.9. The molecule has 0 radical (unpaired) electrons. The molecule has 2 aromatic rings. The number of carbonyl (C=O) groups excluding carboxylic acids is 4. The van der Waals surface area contributed by atoms with Gasteiger partial charge in [-0.15, -0.1) is 0 Å². The third-order valence-corrected chi connectivity index (χ3v) is 8.09. The lowest BCUT2D eigenvalue weighted by Gasteiger charge is -2.31. The summed E-state index contributed by atoms with van der Waals surface area (Å²) in [6.07, 6.45) is 5.14. The van der Waals surface area contributed by atoms with Gasteiger partial charge in [-0.05, 0) is 64.0 Å². The normalized spacial score (nSPS) is 24.5. The molecule has 0 bridgehead atoms. The Morgan fingerprint density at radius 2 is 1.63 bits per heavy atom. The van der Waals surface area contributed by atoms with Gasteiger partial charge in [0, 0.05) is 12.3 Å². The number of hydrogen-bond acceptors (Lipinski definition) is 10. The van der Waals surface area contributed by atoms with Crippen LogP contribution in [0.25, 0.3) is 0 Å². The lowest BCUT2D eigenvalue weighted by Crippen LogP contribution is -2.47. The summed E-state index contributed by atoms with van der Waals surface area (Å²) in [6.45, 7) is 1.66.